The maximum Gasteiger partial charge on any atom is 0.278 e. The predicted molar refractivity (Wildman–Crippen MR) is 109 cm³/mol. The first-order chi connectivity index (χ1) is 14.1. The van der Waals surface area contributed by atoms with Gasteiger partial charge in [-0.25, -0.2) is 9.97 Å². The van der Waals surface area contributed by atoms with Crippen LogP contribution in [0.3, 0.4) is 0 Å². The molecule has 2 aromatic carbocycles. The monoisotopic (exact) mass is 383 g/mol. The molecule has 0 aliphatic carbocycles. The maximum atomic E-state index is 12.9. The molecule has 0 N–H and O–H groups in total. The normalized spacial score (nSPS) is 10.5. The third-order valence-electron chi connectivity index (χ3n) is 4.69. The highest BCUT2D eigenvalue weighted by Crippen LogP contribution is 2.24. The molecule has 7 nitrogen and oxygen atoms in total. The number of hydrogen-bond donors (Lipinski definition) is 0. The lowest BCUT2D eigenvalue weighted by atomic mass is 10.1. The summed E-state index contributed by atoms with van der Waals surface area (Å²) < 4.78 is 7.05. The van der Waals surface area contributed by atoms with Gasteiger partial charge < -0.3 is 9.64 Å². The van der Waals surface area contributed by atoms with Gasteiger partial charge in [-0.3, -0.25) is 9.20 Å². The highest BCUT2D eigenvalue weighted by Gasteiger charge is 2.17. The second-order valence-corrected chi connectivity index (χ2v) is 6.40. The van der Waals surface area contributed by atoms with Crippen LogP contribution in [0.1, 0.15) is 16.1 Å². The number of fused-ring (bicyclic) bond motifs is 1. The first kappa shape index (κ1) is 18.2. The molecule has 4 rings (SSSR count). The summed E-state index contributed by atoms with van der Waals surface area (Å²) in [6.45, 7) is 0. The Morgan fingerprint density at radius 3 is 2.45 bits per heavy atom. The largest absolute Gasteiger partial charge is 0.497 e. The number of anilines is 1. The van der Waals surface area contributed by atoms with Gasteiger partial charge in [-0.05, 0) is 48.5 Å². The molecule has 0 saturated heterocycles. The van der Waals surface area contributed by atoms with Gasteiger partial charge in [0.2, 0.25) is 0 Å². The summed E-state index contributed by atoms with van der Waals surface area (Å²) >= 11 is 0. The number of nitriles is 1. The number of rotatable bonds is 4. The Bertz CT molecular complexity index is 1220. The molecule has 142 valence electrons. The van der Waals surface area contributed by atoms with Crippen LogP contribution in [-0.4, -0.2) is 34.4 Å². The van der Waals surface area contributed by atoms with Gasteiger partial charge in [-0.1, -0.05) is 0 Å². The van der Waals surface area contributed by atoms with E-state index < -0.39 is 0 Å². The Labute approximate surface area is 167 Å². The first-order valence-corrected chi connectivity index (χ1v) is 8.86. The van der Waals surface area contributed by atoms with Crippen LogP contribution >= 0.6 is 0 Å². The number of imidazole rings is 1. The Morgan fingerprint density at radius 2 is 1.79 bits per heavy atom. The summed E-state index contributed by atoms with van der Waals surface area (Å²) in [5.41, 5.74) is 3.95. The van der Waals surface area contributed by atoms with Crippen LogP contribution in [0.15, 0.2) is 67.1 Å². The van der Waals surface area contributed by atoms with Crippen LogP contribution in [0.5, 0.6) is 5.75 Å². The third kappa shape index (κ3) is 3.39. The van der Waals surface area contributed by atoms with Crippen LogP contribution in [-0.2, 0) is 0 Å². The molecule has 1 amide bonds. The third-order valence-corrected chi connectivity index (χ3v) is 4.69. The molecule has 0 saturated carbocycles. The standard InChI is InChI=1S/C22H17N5O2/c1-26(17-7-3-15(11-23)4-8-17)22(28)19-14-27-20(12-25-21(27)13-24-19)16-5-9-18(29-2)10-6-16/h3-10,12-14H,1-2H3. The van der Waals surface area contributed by atoms with Crippen LogP contribution in [0.2, 0.25) is 0 Å². The van der Waals surface area contributed by atoms with Crippen molar-refractivity contribution in [2.24, 2.45) is 0 Å². The van der Waals surface area contributed by atoms with E-state index in [1.165, 1.54) is 4.90 Å². The second-order valence-electron chi connectivity index (χ2n) is 6.40. The van der Waals surface area contributed by atoms with Crippen LogP contribution in [0.4, 0.5) is 5.69 Å². The summed E-state index contributed by atoms with van der Waals surface area (Å²) in [5.74, 6) is 0.509. The molecule has 29 heavy (non-hydrogen) atoms. The second kappa shape index (κ2) is 7.44. The van der Waals surface area contributed by atoms with Crippen molar-refractivity contribution in [1.29, 1.82) is 5.26 Å². The molecule has 2 aromatic heterocycles. The van der Waals surface area contributed by atoms with E-state index in [0.717, 1.165) is 17.0 Å². The average molecular weight is 383 g/mol. The fourth-order valence-electron chi connectivity index (χ4n) is 3.02. The highest BCUT2D eigenvalue weighted by molar-refractivity contribution is 6.04. The van der Waals surface area contributed by atoms with Crippen molar-refractivity contribution in [2.45, 2.75) is 0 Å². The average Bonchev–Trinajstić information content (AvgIpc) is 3.21. The maximum absolute atomic E-state index is 12.9. The number of carbonyl (C=O) groups is 1. The van der Waals surface area contributed by atoms with Gasteiger partial charge in [0.25, 0.3) is 5.91 Å². The zero-order valence-electron chi connectivity index (χ0n) is 15.9. The smallest absolute Gasteiger partial charge is 0.278 e. The number of ether oxygens (including phenoxy) is 1. The topological polar surface area (TPSA) is 83.5 Å². The minimum Gasteiger partial charge on any atom is -0.497 e. The van der Waals surface area contributed by atoms with Crippen molar-refractivity contribution in [3.63, 3.8) is 0 Å². The molecule has 0 bridgehead atoms. The lowest BCUT2D eigenvalue weighted by Gasteiger charge is -2.17. The van der Waals surface area contributed by atoms with Crippen molar-refractivity contribution in [3.8, 4) is 23.1 Å². The molecule has 0 unspecified atom stereocenters. The molecular weight excluding hydrogens is 366 g/mol. The predicted octanol–water partition coefficient (Wildman–Crippen LogP) is 3.55. The van der Waals surface area contributed by atoms with E-state index in [1.54, 1.807) is 57.0 Å². The summed E-state index contributed by atoms with van der Waals surface area (Å²) in [7, 11) is 3.30. The highest BCUT2D eigenvalue weighted by atomic mass is 16.5. The van der Waals surface area contributed by atoms with E-state index in [9.17, 15) is 4.79 Å². The van der Waals surface area contributed by atoms with Gasteiger partial charge in [0.15, 0.2) is 5.65 Å². The van der Waals surface area contributed by atoms with Crippen LogP contribution < -0.4 is 9.64 Å². The lowest BCUT2D eigenvalue weighted by molar-refractivity contribution is 0.0988. The van der Waals surface area contributed by atoms with E-state index in [4.69, 9.17) is 10.00 Å². The van der Waals surface area contributed by atoms with E-state index in [1.807, 2.05) is 28.7 Å². The Morgan fingerprint density at radius 1 is 1.07 bits per heavy atom. The molecule has 0 atom stereocenters. The Kier molecular flexibility index (Phi) is 4.67. The van der Waals surface area contributed by atoms with Crippen molar-refractivity contribution in [3.05, 3.63) is 78.4 Å². The van der Waals surface area contributed by atoms with Gasteiger partial charge in [0.05, 0.1) is 36.8 Å². The zero-order chi connectivity index (χ0) is 20.4. The van der Waals surface area contributed by atoms with Gasteiger partial charge in [0, 0.05) is 24.5 Å². The van der Waals surface area contributed by atoms with Crippen LogP contribution in [0, 0.1) is 11.3 Å². The zero-order valence-corrected chi connectivity index (χ0v) is 15.9. The molecule has 0 fully saturated rings. The fraction of sp³-hybridized carbons (Fsp3) is 0.0909. The number of amides is 1. The van der Waals surface area contributed by atoms with Gasteiger partial charge >= 0.3 is 0 Å². The van der Waals surface area contributed by atoms with Crippen molar-refractivity contribution >= 4 is 17.2 Å². The summed E-state index contributed by atoms with van der Waals surface area (Å²) in [5, 5.41) is 8.93. The quantitative estimate of drug-likeness (QED) is 0.538. The fourth-order valence-corrected chi connectivity index (χ4v) is 3.02. The van der Waals surface area contributed by atoms with E-state index in [2.05, 4.69) is 16.0 Å². The van der Waals surface area contributed by atoms with Crippen molar-refractivity contribution in [1.82, 2.24) is 14.4 Å². The molecular formula is C22H17N5O2. The summed E-state index contributed by atoms with van der Waals surface area (Å²) in [4.78, 5) is 23.1. The SMILES string of the molecule is COc1ccc(-c2cnc3cnc(C(=O)N(C)c4ccc(C#N)cc4)cn23)cc1. The van der Waals surface area contributed by atoms with E-state index >= 15 is 0 Å². The molecule has 0 radical (unpaired) electrons. The van der Waals surface area contributed by atoms with Crippen molar-refractivity contribution < 1.29 is 9.53 Å². The number of hydrogen-bond acceptors (Lipinski definition) is 5. The number of nitrogens with zero attached hydrogens (tertiary/aromatic N) is 5. The molecule has 4 aromatic rings. The number of benzene rings is 2. The minimum absolute atomic E-state index is 0.258. The van der Waals surface area contributed by atoms with Gasteiger partial charge in [0.1, 0.15) is 11.4 Å². The van der Waals surface area contributed by atoms with E-state index in [0.29, 0.717) is 16.9 Å². The van der Waals surface area contributed by atoms with Crippen LogP contribution in [0.25, 0.3) is 16.9 Å². The summed E-state index contributed by atoms with van der Waals surface area (Å²) in [6.07, 6.45) is 5.01. The lowest BCUT2D eigenvalue weighted by Crippen LogP contribution is -2.27. The Balaban J connectivity index is 1.68. The molecule has 7 heteroatoms. The minimum atomic E-state index is -0.258. The number of aromatic nitrogens is 3. The Hall–Kier alpha value is -4.18. The summed E-state index contributed by atoms with van der Waals surface area (Å²) in [6, 6.07) is 16.5. The molecule has 0 aliphatic rings. The molecule has 2 heterocycles. The molecule has 0 spiro atoms. The molecule has 0 aliphatic heterocycles. The first-order valence-electron chi connectivity index (χ1n) is 8.86. The van der Waals surface area contributed by atoms with Gasteiger partial charge in [-0.2, -0.15) is 5.26 Å². The van der Waals surface area contributed by atoms with E-state index in [-0.39, 0.29) is 11.6 Å². The number of carbonyl (C=O) groups excluding carboxylic acids is 1. The van der Waals surface area contributed by atoms with Crippen molar-refractivity contribution in [2.75, 3.05) is 19.1 Å². The number of methoxy groups -OCH3 is 1. The van der Waals surface area contributed by atoms with Gasteiger partial charge in [-0.15, -0.1) is 0 Å².